The SMILES string of the molecule is CCNC(Cc1c(Br)c(C)nn1C)C(C)(C)N1CCCC1. The van der Waals surface area contributed by atoms with Crippen molar-refractivity contribution in [2.45, 2.75) is 58.5 Å². The highest BCUT2D eigenvalue weighted by atomic mass is 79.9. The van der Waals surface area contributed by atoms with Gasteiger partial charge in [-0.05, 0) is 69.2 Å². The van der Waals surface area contributed by atoms with Crippen molar-refractivity contribution in [2.75, 3.05) is 19.6 Å². The number of halogens is 1. The van der Waals surface area contributed by atoms with E-state index in [9.17, 15) is 0 Å². The van der Waals surface area contributed by atoms with Crippen LogP contribution >= 0.6 is 15.9 Å². The van der Waals surface area contributed by atoms with Crippen LogP contribution in [0, 0.1) is 6.92 Å². The summed E-state index contributed by atoms with van der Waals surface area (Å²) in [4.78, 5) is 2.64. The topological polar surface area (TPSA) is 33.1 Å². The van der Waals surface area contributed by atoms with Gasteiger partial charge in [-0.1, -0.05) is 6.92 Å². The number of aryl methyl sites for hydroxylation is 2. The van der Waals surface area contributed by atoms with Gasteiger partial charge in [0.2, 0.25) is 0 Å². The molecule has 1 aliphatic heterocycles. The average molecular weight is 357 g/mol. The van der Waals surface area contributed by atoms with Crippen LogP contribution in [0.15, 0.2) is 4.47 Å². The minimum Gasteiger partial charge on any atom is -0.312 e. The highest BCUT2D eigenvalue weighted by Gasteiger charge is 2.37. The summed E-state index contributed by atoms with van der Waals surface area (Å²) in [5.41, 5.74) is 2.51. The second-order valence-corrected chi connectivity index (χ2v) is 7.42. The Labute approximate surface area is 137 Å². The number of aromatic nitrogens is 2. The molecule has 1 aromatic rings. The first-order valence-electron chi connectivity index (χ1n) is 8.04. The van der Waals surface area contributed by atoms with Gasteiger partial charge in [-0.3, -0.25) is 9.58 Å². The summed E-state index contributed by atoms with van der Waals surface area (Å²) in [6.45, 7) is 12.4. The van der Waals surface area contributed by atoms with Crippen molar-refractivity contribution in [1.29, 1.82) is 0 Å². The minimum atomic E-state index is 0.157. The molecule has 1 unspecified atom stereocenters. The predicted molar refractivity (Wildman–Crippen MR) is 91.7 cm³/mol. The first-order chi connectivity index (χ1) is 9.87. The van der Waals surface area contributed by atoms with Gasteiger partial charge in [0, 0.05) is 25.0 Å². The lowest BCUT2D eigenvalue weighted by Crippen LogP contribution is -2.58. The van der Waals surface area contributed by atoms with Gasteiger partial charge in [0.05, 0.1) is 15.9 Å². The molecule has 21 heavy (non-hydrogen) atoms. The molecular formula is C16H29BrN4. The Morgan fingerprint density at radius 1 is 1.33 bits per heavy atom. The molecule has 1 atom stereocenters. The van der Waals surface area contributed by atoms with Crippen LogP contribution < -0.4 is 5.32 Å². The van der Waals surface area contributed by atoms with Crippen molar-refractivity contribution in [1.82, 2.24) is 20.0 Å². The highest BCUT2D eigenvalue weighted by Crippen LogP contribution is 2.29. The number of hydrogen-bond acceptors (Lipinski definition) is 3. The van der Waals surface area contributed by atoms with E-state index in [-0.39, 0.29) is 5.54 Å². The van der Waals surface area contributed by atoms with Crippen molar-refractivity contribution in [2.24, 2.45) is 7.05 Å². The van der Waals surface area contributed by atoms with Crippen molar-refractivity contribution >= 4 is 15.9 Å². The minimum absolute atomic E-state index is 0.157. The van der Waals surface area contributed by atoms with Crippen molar-refractivity contribution < 1.29 is 0 Å². The fraction of sp³-hybridized carbons (Fsp3) is 0.812. The molecule has 5 heteroatoms. The molecule has 0 bridgehead atoms. The van der Waals surface area contributed by atoms with Crippen molar-refractivity contribution in [3.8, 4) is 0 Å². The van der Waals surface area contributed by atoms with Crippen LogP contribution in [-0.2, 0) is 13.5 Å². The third-order valence-electron chi connectivity index (χ3n) is 4.88. The zero-order chi connectivity index (χ0) is 15.6. The molecule has 0 amide bonds. The lowest BCUT2D eigenvalue weighted by atomic mass is 9.89. The molecule has 1 saturated heterocycles. The van der Waals surface area contributed by atoms with E-state index in [1.165, 1.54) is 31.6 Å². The lowest BCUT2D eigenvalue weighted by molar-refractivity contribution is 0.106. The van der Waals surface area contributed by atoms with Gasteiger partial charge in [0.1, 0.15) is 0 Å². The maximum atomic E-state index is 4.53. The standard InChI is InChI=1S/C16H29BrN4/c1-6-18-14(16(3,4)21-9-7-8-10-21)11-13-15(17)12(2)19-20(13)5/h14,18H,6-11H2,1-5H3. The molecule has 0 radical (unpaired) electrons. The number of nitrogens with zero attached hydrogens (tertiary/aromatic N) is 3. The maximum absolute atomic E-state index is 4.53. The molecule has 0 spiro atoms. The lowest BCUT2D eigenvalue weighted by Gasteiger charge is -2.42. The number of likely N-dealkylation sites (tertiary alicyclic amines) is 1. The van der Waals surface area contributed by atoms with E-state index in [0.29, 0.717) is 6.04 Å². The van der Waals surface area contributed by atoms with E-state index < -0.39 is 0 Å². The van der Waals surface area contributed by atoms with E-state index in [1.807, 2.05) is 11.7 Å². The van der Waals surface area contributed by atoms with Crippen LogP contribution in [-0.4, -0.2) is 45.9 Å². The Bertz CT molecular complexity index is 475. The Balaban J connectivity index is 2.22. The fourth-order valence-electron chi connectivity index (χ4n) is 3.43. The quantitative estimate of drug-likeness (QED) is 0.850. The Hall–Kier alpha value is -0.390. The normalized spacial score (nSPS) is 18.4. The number of likely N-dealkylation sites (N-methyl/N-ethyl adjacent to an activating group) is 1. The van der Waals surface area contributed by atoms with Gasteiger partial charge in [-0.25, -0.2) is 0 Å². The molecule has 0 saturated carbocycles. The Kier molecular flexibility index (Phi) is 5.49. The third kappa shape index (κ3) is 3.51. The number of hydrogen-bond donors (Lipinski definition) is 1. The van der Waals surface area contributed by atoms with Gasteiger partial charge < -0.3 is 5.32 Å². The molecule has 1 fully saturated rings. The zero-order valence-electron chi connectivity index (χ0n) is 14.0. The van der Waals surface area contributed by atoms with E-state index in [2.05, 4.69) is 58.9 Å². The predicted octanol–water partition coefficient (Wildman–Crippen LogP) is 2.89. The summed E-state index contributed by atoms with van der Waals surface area (Å²) < 4.78 is 3.18. The van der Waals surface area contributed by atoms with Crippen LogP contribution in [0.1, 0.15) is 45.0 Å². The molecule has 4 nitrogen and oxygen atoms in total. The van der Waals surface area contributed by atoms with Crippen LogP contribution in [0.5, 0.6) is 0 Å². The number of nitrogens with one attached hydrogen (secondary N) is 1. The molecule has 1 aromatic heterocycles. The summed E-state index contributed by atoms with van der Waals surface area (Å²) in [5.74, 6) is 0. The van der Waals surface area contributed by atoms with Crippen LogP contribution in [0.2, 0.25) is 0 Å². The summed E-state index contributed by atoms with van der Waals surface area (Å²) >= 11 is 3.71. The average Bonchev–Trinajstić information content (AvgIpc) is 3.03. The van der Waals surface area contributed by atoms with E-state index in [1.54, 1.807) is 0 Å². The maximum Gasteiger partial charge on any atom is 0.0738 e. The highest BCUT2D eigenvalue weighted by molar-refractivity contribution is 9.10. The van der Waals surface area contributed by atoms with Gasteiger partial charge in [0.25, 0.3) is 0 Å². The van der Waals surface area contributed by atoms with E-state index in [0.717, 1.165) is 23.1 Å². The molecule has 0 aliphatic carbocycles. The molecule has 0 aromatic carbocycles. The smallest absolute Gasteiger partial charge is 0.0738 e. The van der Waals surface area contributed by atoms with Crippen molar-refractivity contribution in [3.63, 3.8) is 0 Å². The first-order valence-corrected chi connectivity index (χ1v) is 8.83. The van der Waals surface area contributed by atoms with Crippen LogP contribution in [0.3, 0.4) is 0 Å². The fourth-order valence-corrected chi connectivity index (χ4v) is 3.92. The second kappa shape index (κ2) is 6.80. The summed E-state index contributed by atoms with van der Waals surface area (Å²) in [5, 5.41) is 8.24. The second-order valence-electron chi connectivity index (χ2n) is 6.63. The monoisotopic (exact) mass is 356 g/mol. The van der Waals surface area contributed by atoms with Gasteiger partial charge in [-0.15, -0.1) is 0 Å². The van der Waals surface area contributed by atoms with Crippen LogP contribution in [0.25, 0.3) is 0 Å². The molecule has 1 N–H and O–H groups in total. The van der Waals surface area contributed by atoms with Crippen molar-refractivity contribution in [3.05, 3.63) is 15.9 Å². The molecule has 2 heterocycles. The summed E-state index contributed by atoms with van der Waals surface area (Å²) in [6.07, 6.45) is 3.66. The van der Waals surface area contributed by atoms with Gasteiger partial charge in [-0.2, -0.15) is 5.10 Å². The Morgan fingerprint density at radius 3 is 2.43 bits per heavy atom. The summed E-state index contributed by atoms with van der Waals surface area (Å²) in [6, 6.07) is 0.423. The number of rotatable bonds is 6. The molecule has 2 rings (SSSR count). The Morgan fingerprint density at radius 2 is 1.95 bits per heavy atom. The van der Waals surface area contributed by atoms with E-state index in [4.69, 9.17) is 0 Å². The summed E-state index contributed by atoms with van der Waals surface area (Å²) in [7, 11) is 2.04. The van der Waals surface area contributed by atoms with Gasteiger partial charge >= 0.3 is 0 Å². The van der Waals surface area contributed by atoms with Crippen LogP contribution in [0.4, 0.5) is 0 Å². The largest absolute Gasteiger partial charge is 0.312 e. The third-order valence-corrected chi connectivity index (χ3v) is 5.91. The first kappa shape index (κ1) is 17.0. The molecule has 120 valence electrons. The molecule has 1 aliphatic rings. The van der Waals surface area contributed by atoms with Gasteiger partial charge in [0.15, 0.2) is 0 Å². The zero-order valence-corrected chi connectivity index (χ0v) is 15.6. The van der Waals surface area contributed by atoms with E-state index >= 15 is 0 Å². The molecular weight excluding hydrogens is 328 g/mol.